The van der Waals surface area contributed by atoms with E-state index in [-0.39, 0.29) is 54.2 Å². The number of pyridine rings is 2. The zero-order valence-electron chi connectivity index (χ0n) is 41.6. The molecular weight excluding hydrogens is 979 g/mol. The van der Waals surface area contributed by atoms with Crippen molar-refractivity contribution in [3.05, 3.63) is 162 Å². The molecule has 10 aromatic rings. The molecule has 0 unspecified atom stereocenters. The van der Waals surface area contributed by atoms with Crippen LogP contribution in [0.5, 0.6) is 0 Å². The first kappa shape index (κ1) is 41.5. The molecule has 0 saturated heterocycles. The molecule has 0 N–H and O–H groups in total. The van der Waals surface area contributed by atoms with Crippen molar-refractivity contribution in [2.24, 2.45) is 0 Å². The Balaban J connectivity index is 0.000000312. The van der Waals surface area contributed by atoms with Gasteiger partial charge in [-0.25, -0.2) is 9.97 Å². The number of fused-ring (bicyclic) bond motifs is 6. The Labute approximate surface area is 400 Å². The first-order valence-corrected chi connectivity index (χ1v) is 22.0. The first-order valence-electron chi connectivity index (χ1n) is 23.5. The van der Waals surface area contributed by atoms with E-state index in [1.165, 1.54) is 28.3 Å². The van der Waals surface area contributed by atoms with Gasteiger partial charge in [0.1, 0.15) is 0 Å². The monoisotopic (exact) mass is 1040 g/mol. The number of oxazole rings is 1. The van der Waals surface area contributed by atoms with Crippen LogP contribution >= 0.6 is 0 Å². The predicted octanol–water partition coefficient (Wildman–Crippen LogP) is 15.3. The van der Waals surface area contributed by atoms with Gasteiger partial charge in [0.05, 0.1) is 28.0 Å². The van der Waals surface area contributed by atoms with E-state index >= 15 is 0 Å². The van der Waals surface area contributed by atoms with Gasteiger partial charge in [0, 0.05) is 58.1 Å². The standard InChI is InChI=1S/C42H39N4O2.C15H16N.Ir/c1-23(2)29-20-27(26-14-10-9-11-15-26)21-30(24(3)4)36(29)46-34-17-13-12-16-32(34)44-39(46)31-22-33-38(48-41(45-33)42(6,7)8)35-28-19-18-25(5)43-40(28)47-37(31)35;1-15(2,3)13-9-10-16-14(11-13)12-7-5-4-6-8-12;/h9-21,23-24H,1-8H3;4-7,9-11H,1-3H3;/q2*-1;/i5D3;;. The summed E-state index contributed by atoms with van der Waals surface area (Å²) in [6.45, 7) is 19.3. The van der Waals surface area contributed by atoms with Gasteiger partial charge < -0.3 is 18.4 Å². The average Bonchev–Trinajstić information content (AvgIpc) is 4.02. The molecule has 0 aliphatic heterocycles. The van der Waals surface area contributed by atoms with Crippen LogP contribution in [0.1, 0.15) is 113 Å². The van der Waals surface area contributed by atoms with Crippen LogP contribution in [0, 0.1) is 19.0 Å². The van der Waals surface area contributed by atoms with Gasteiger partial charge in [0.15, 0.2) is 5.89 Å². The van der Waals surface area contributed by atoms with Crippen molar-refractivity contribution < 1.29 is 33.1 Å². The van der Waals surface area contributed by atoms with Crippen molar-refractivity contribution in [3.63, 3.8) is 0 Å². The summed E-state index contributed by atoms with van der Waals surface area (Å²) in [5, 5.41) is 1.29. The van der Waals surface area contributed by atoms with Crippen LogP contribution in [0.25, 0.3) is 83.7 Å². The van der Waals surface area contributed by atoms with Crippen molar-refractivity contribution in [3.8, 4) is 39.5 Å². The van der Waals surface area contributed by atoms with Gasteiger partial charge >= 0.3 is 0 Å². The number of para-hydroxylation sites is 2. The molecule has 0 amide bonds. The zero-order chi connectivity index (χ0) is 47.6. The first-order chi connectivity index (χ1) is 31.8. The molecule has 5 aromatic carbocycles. The van der Waals surface area contributed by atoms with E-state index in [4.69, 9.17) is 22.9 Å². The van der Waals surface area contributed by atoms with Crippen LogP contribution < -0.4 is 0 Å². The van der Waals surface area contributed by atoms with Gasteiger partial charge in [-0.15, -0.1) is 42.0 Å². The minimum absolute atomic E-state index is 0. The number of imidazole rings is 1. The van der Waals surface area contributed by atoms with Crippen molar-refractivity contribution in [2.45, 2.75) is 98.8 Å². The molecule has 0 fully saturated rings. The number of benzene rings is 5. The quantitative estimate of drug-likeness (QED) is 0.154. The summed E-state index contributed by atoms with van der Waals surface area (Å²) in [5.41, 5.74) is 12.9. The second-order valence-corrected chi connectivity index (χ2v) is 19.2. The SMILES string of the molecule is CC(C)(C)c1ccnc(-c2[c-]cccc2)c1.[2H]C([2H])([2H])c1ccc2c(n1)oc1c(-c3nc4ccccc4n3-c3c(C(C)C)cc(-c4ccccc4)cc3C(C)C)[c-]c3nc(C(C)(C)C)oc3c12.[Ir]. The molecule has 1 radical (unpaired) electrons. The maximum absolute atomic E-state index is 8.01. The molecule has 0 aliphatic rings. The Morgan fingerprint density at radius 3 is 2.06 bits per heavy atom. The number of furan rings is 1. The Kier molecular flexibility index (Phi) is 11.3. The molecule has 0 aliphatic carbocycles. The van der Waals surface area contributed by atoms with Gasteiger partial charge in [-0.05, 0) is 105 Å². The topological polar surface area (TPSA) is 82.8 Å². The summed E-state index contributed by atoms with van der Waals surface area (Å²) in [7, 11) is 0. The van der Waals surface area contributed by atoms with Gasteiger partial charge in [-0.2, -0.15) is 0 Å². The van der Waals surface area contributed by atoms with Crippen LogP contribution in [-0.4, -0.2) is 24.5 Å². The van der Waals surface area contributed by atoms with E-state index in [0.29, 0.717) is 44.7 Å². The second kappa shape index (κ2) is 17.6. The van der Waals surface area contributed by atoms with Crippen LogP contribution in [0.15, 0.2) is 130 Å². The van der Waals surface area contributed by atoms with Crippen LogP contribution in [-0.2, 0) is 30.9 Å². The summed E-state index contributed by atoms with van der Waals surface area (Å²) in [5.74, 6) is 1.55. The van der Waals surface area contributed by atoms with Crippen LogP contribution in [0.3, 0.4) is 0 Å². The summed E-state index contributed by atoms with van der Waals surface area (Å²) >= 11 is 0. The fraction of sp³-hybridized carbons (Fsp3) is 0.263. The van der Waals surface area contributed by atoms with E-state index in [2.05, 4.69) is 130 Å². The summed E-state index contributed by atoms with van der Waals surface area (Å²) in [6.07, 6.45) is 1.87. The largest absolute Gasteiger partial charge is 0.487 e. The van der Waals surface area contributed by atoms with Crippen molar-refractivity contribution in [1.82, 2.24) is 24.5 Å². The number of rotatable bonds is 6. The summed E-state index contributed by atoms with van der Waals surface area (Å²) < 4.78 is 39.3. The molecule has 0 spiro atoms. The van der Waals surface area contributed by atoms with Gasteiger partial charge in [-0.3, -0.25) is 4.98 Å². The Morgan fingerprint density at radius 1 is 0.692 bits per heavy atom. The normalized spacial score (nSPS) is 13.0. The second-order valence-electron chi connectivity index (χ2n) is 19.2. The third-order valence-electron chi connectivity index (χ3n) is 11.7. The number of hydrogen-bond acceptors (Lipinski definition) is 6. The number of nitrogens with zero attached hydrogens (tertiary/aromatic N) is 5. The third kappa shape index (κ3) is 8.70. The van der Waals surface area contributed by atoms with E-state index in [1.54, 1.807) is 6.07 Å². The van der Waals surface area contributed by atoms with Gasteiger partial charge in [0.25, 0.3) is 0 Å². The molecule has 7 nitrogen and oxygen atoms in total. The number of aryl methyl sites for hydroxylation is 1. The molecule has 0 saturated carbocycles. The molecule has 5 aromatic heterocycles. The summed E-state index contributed by atoms with van der Waals surface area (Å²) in [4.78, 5) is 19.1. The van der Waals surface area contributed by atoms with Gasteiger partial charge in [-0.1, -0.05) is 123 Å². The van der Waals surface area contributed by atoms with Crippen molar-refractivity contribution in [1.29, 1.82) is 0 Å². The molecule has 5 heterocycles. The van der Waals surface area contributed by atoms with E-state index in [0.717, 1.165) is 33.5 Å². The molecule has 8 heteroatoms. The number of aromatic nitrogens is 5. The Hall–Kier alpha value is -6.21. The Morgan fingerprint density at radius 2 is 1.40 bits per heavy atom. The molecule has 65 heavy (non-hydrogen) atoms. The van der Waals surface area contributed by atoms with Crippen LogP contribution in [0.2, 0.25) is 0 Å². The van der Waals surface area contributed by atoms with E-state index < -0.39 is 6.85 Å². The van der Waals surface area contributed by atoms with Crippen molar-refractivity contribution >= 4 is 44.2 Å². The summed E-state index contributed by atoms with van der Waals surface area (Å²) in [6, 6.07) is 45.4. The third-order valence-corrected chi connectivity index (χ3v) is 11.7. The molecule has 10 rings (SSSR count). The molecule has 0 atom stereocenters. The van der Waals surface area contributed by atoms with Crippen molar-refractivity contribution in [2.75, 3.05) is 0 Å². The zero-order valence-corrected chi connectivity index (χ0v) is 41.0. The maximum Gasteiger partial charge on any atom is 0.216 e. The fourth-order valence-corrected chi connectivity index (χ4v) is 8.24. The van der Waals surface area contributed by atoms with Gasteiger partial charge in [0.2, 0.25) is 5.71 Å². The Bertz CT molecular complexity index is 3400. The molecule has 0 bridgehead atoms. The molecule has 331 valence electrons. The minimum atomic E-state index is -2.40. The predicted molar refractivity (Wildman–Crippen MR) is 262 cm³/mol. The van der Waals surface area contributed by atoms with Crippen LogP contribution in [0.4, 0.5) is 0 Å². The minimum Gasteiger partial charge on any atom is -0.487 e. The van der Waals surface area contributed by atoms with E-state index in [9.17, 15) is 0 Å². The maximum atomic E-state index is 8.01. The molecular formula is C57H55IrN5O2-2. The van der Waals surface area contributed by atoms with E-state index in [1.807, 2.05) is 75.5 Å². The number of hydrogen-bond donors (Lipinski definition) is 0. The fourth-order valence-electron chi connectivity index (χ4n) is 8.24. The average molecular weight is 1040 g/mol. The smallest absolute Gasteiger partial charge is 0.216 e.